The molecule has 2 fully saturated rings. The summed E-state index contributed by atoms with van der Waals surface area (Å²) in [6.45, 7) is 0.608. The number of sulfonamides is 1. The topological polar surface area (TPSA) is 118 Å². The van der Waals surface area contributed by atoms with Gasteiger partial charge in [-0.25, -0.2) is 22.9 Å². The molecule has 2 heterocycles. The zero-order valence-electron chi connectivity index (χ0n) is 20.8. The second-order valence-electron chi connectivity index (χ2n) is 9.55. The number of anilines is 1. The van der Waals surface area contributed by atoms with Crippen molar-refractivity contribution in [3.63, 3.8) is 0 Å². The number of rotatable bonds is 8. The van der Waals surface area contributed by atoms with E-state index in [1.54, 1.807) is 29.6 Å². The summed E-state index contributed by atoms with van der Waals surface area (Å²) in [5.74, 6) is -0.306. The fraction of sp³-hybridized carbons (Fsp3) is 0.370. The number of ether oxygens (including phenoxy) is 1. The number of benzene rings is 2. The molecule has 1 aliphatic carbocycles. The van der Waals surface area contributed by atoms with E-state index in [-0.39, 0.29) is 23.5 Å². The Hall–Kier alpha value is -3.28. The molecule has 2 aliphatic rings. The van der Waals surface area contributed by atoms with Crippen LogP contribution in [-0.4, -0.2) is 48.9 Å². The Morgan fingerprint density at radius 3 is 2.47 bits per heavy atom. The molecular formula is C27H30N4O5S2. The summed E-state index contributed by atoms with van der Waals surface area (Å²) in [5.41, 5.74) is 2.25. The van der Waals surface area contributed by atoms with Crippen LogP contribution in [0.15, 0.2) is 64.9 Å². The van der Waals surface area contributed by atoms with Gasteiger partial charge in [-0.05, 0) is 43.4 Å². The summed E-state index contributed by atoms with van der Waals surface area (Å²) >= 11 is 1.27. The van der Waals surface area contributed by atoms with Crippen LogP contribution in [-0.2, 0) is 26.2 Å². The molecule has 9 nitrogen and oxygen atoms in total. The molecule has 1 aromatic heterocycles. The van der Waals surface area contributed by atoms with Crippen LogP contribution in [0.4, 0.5) is 9.93 Å². The Balaban J connectivity index is 1.18. The highest BCUT2D eigenvalue weighted by Gasteiger charge is 2.35. The van der Waals surface area contributed by atoms with Gasteiger partial charge in [0.15, 0.2) is 5.13 Å². The molecule has 1 saturated carbocycles. The van der Waals surface area contributed by atoms with Gasteiger partial charge in [-0.1, -0.05) is 55.3 Å². The van der Waals surface area contributed by atoms with E-state index in [1.807, 2.05) is 30.3 Å². The molecular weight excluding hydrogens is 524 g/mol. The monoisotopic (exact) mass is 554 g/mol. The van der Waals surface area contributed by atoms with Gasteiger partial charge in [-0.2, -0.15) is 0 Å². The summed E-state index contributed by atoms with van der Waals surface area (Å²) in [4.78, 5) is 31.8. The van der Waals surface area contributed by atoms with Crippen molar-refractivity contribution in [1.82, 2.24) is 14.6 Å². The van der Waals surface area contributed by atoms with E-state index in [0.29, 0.717) is 30.2 Å². The number of hydrogen-bond acceptors (Lipinski definition) is 7. The second kappa shape index (κ2) is 11.6. The van der Waals surface area contributed by atoms with Crippen LogP contribution < -0.4 is 10.0 Å². The summed E-state index contributed by atoms with van der Waals surface area (Å²) in [6, 6.07) is 15.4. The highest BCUT2D eigenvalue weighted by Crippen LogP contribution is 2.28. The van der Waals surface area contributed by atoms with E-state index >= 15 is 0 Å². The van der Waals surface area contributed by atoms with Gasteiger partial charge in [-0.15, -0.1) is 11.3 Å². The van der Waals surface area contributed by atoms with Crippen LogP contribution in [0.25, 0.3) is 11.3 Å². The number of amides is 2. The van der Waals surface area contributed by atoms with Crippen LogP contribution in [0.1, 0.15) is 44.1 Å². The number of thiazole rings is 1. The minimum atomic E-state index is -3.56. The average molecular weight is 555 g/mol. The van der Waals surface area contributed by atoms with E-state index in [4.69, 9.17) is 4.74 Å². The Morgan fingerprint density at radius 2 is 1.74 bits per heavy atom. The Morgan fingerprint density at radius 1 is 1.00 bits per heavy atom. The third kappa shape index (κ3) is 6.23. The van der Waals surface area contributed by atoms with E-state index in [2.05, 4.69) is 15.0 Å². The molecule has 0 bridgehead atoms. The molecule has 2 aromatic carbocycles. The smallest absolute Gasteiger partial charge is 0.410 e. The number of nitrogens with zero attached hydrogens (tertiary/aromatic N) is 2. The van der Waals surface area contributed by atoms with Gasteiger partial charge in [0.05, 0.1) is 10.6 Å². The standard InChI is InChI=1S/C27H30N4O5S2/c32-25(24-11-6-16-31(24)27(33)36-17-19-7-2-1-3-8-19)29-26-28-23(18-37-26)20-12-14-22(15-13-20)38(34,35)30-21-9-4-5-10-21/h1-3,7-8,12-15,18,21,24,30H,4-6,9-11,16-17H2,(H,28,29,32)/t24-/m1/s1. The van der Waals surface area contributed by atoms with Crippen LogP contribution in [0.3, 0.4) is 0 Å². The Kier molecular flexibility index (Phi) is 8.06. The van der Waals surface area contributed by atoms with E-state index < -0.39 is 22.2 Å². The predicted molar refractivity (Wildman–Crippen MR) is 145 cm³/mol. The Labute approximate surface area is 226 Å². The molecule has 2 amide bonds. The molecule has 0 unspecified atom stereocenters. The van der Waals surface area contributed by atoms with Gasteiger partial charge >= 0.3 is 6.09 Å². The lowest BCUT2D eigenvalue weighted by Gasteiger charge is -2.22. The van der Waals surface area contributed by atoms with E-state index in [0.717, 1.165) is 36.8 Å². The first-order valence-electron chi connectivity index (χ1n) is 12.8. The average Bonchev–Trinajstić information content (AvgIpc) is 3.70. The fourth-order valence-electron chi connectivity index (χ4n) is 4.85. The quantitative estimate of drug-likeness (QED) is 0.414. The summed E-state index contributed by atoms with van der Waals surface area (Å²) in [5, 5.41) is 5.04. The lowest BCUT2D eigenvalue weighted by molar-refractivity contribution is -0.120. The van der Waals surface area contributed by atoms with Gasteiger partial charge in [0.1, 0.15) is 12.6 Å². The van der Waals surface area contributed by atoms with E-state index in [9.17, 15) is 18.0 Å². The van der Waals surface area contributed by atoms with Crippen LogP contribution in [0, 0.1) is 0 Å². The second-order valence-corrected chi connectivity index (χ2v) is 12.1. The first-order valence-corrected chi connectivity index (χ1v) is 15.1. The van der Waals surface area contributed by atoms with Crippen molar-refractivity contribution in [1.29, 1.82) is 0 Å². The van der Waals surface area contributed by atoms with Crippen molar-refractivity contribution in [2.45, 2.75) is 62.1 Å². The normalized spacial score (nSPS) is 18.0. The van der Waals surface area contributed by atoms with Crippen molar-refractivity contribution in [2.75, 3.05) is 11.9 Å². The molecule has 3 aromatic rings. The zero-order valence-corrected chi connectivity index (χ0v) is 22.5. The van der Waals surface area contributed by atoms with E-state index in [1.165, 1.54) is 16.2 Å². The van der Waals surface area contributed by atoms with Crippen LogP contribution >= 0.6 is 11.3 Å². The maximum atomic E-state index is 13.0. The summed E-state index contributed by atoms with van der Waals surface area (Å²) in [6.07, 6.45) is 4.60. The minimum absolute atomic E-state index is 0.00546. The largest absolute Gasteiger partial charge is 0.445 e. The van der Waals surface area contributed by atoms with Gasteiger partial charge in [-0.3, -0.25) is 9.69 Å². The molecule has 11 heteroatoms. The van der Waals surface area contributed by atoms with Gasteiger partial charge in [0.25, 0.3) is 0 Å². The van der Waals surface area contributed by atoms with Gasteiger partial charge in [0.2, 0.25) is 15.9 Å². The van der Waals surface area contributed by atoms with Crippen LogP contribution in [0.5, 0.6) is 0 Å². The summed E-state index contributed by atoms with van der Waals surface area (Å²) < 4.78 is 33.5. The number of likely N-dealkylation sites (tertiary alicyclic amines) is 1. The summed E-state index contributed by atoms with van der Waals surface area (Å²) in [7, 11) is -3.56. The van der Waals surface area contributed by atoms with Crippen molar-refractivity contribution < 1.29 is 22.7 Å². The van der Waals surface area contributed by atoms with Crippen molar-refractivity contribution in [3.05, 3.63) is 65.5 Å². The first kappa shape index (κ1) is 26.3. The molecule has 38 heavy (non-hydrogen) atoms. The number of aromatic nitrogens is 1. The molecule has 0 radical (unpaired) electrons. The Bertz CT molecular complexity index is 1370. The number of hydrogen-bond donors (Lipinski definition) is 2. The SMILES string of the molecule is O=C(Nc1nc(-c2ccc(S(=O)(=O)NC3CCCC3)cc2)cs1)[C@H]1CCCN1C(=O)OCc1ccccc1. The van der Waals surface area contributed by atoms with Gasteiger partial charge < -0.3 is 10.1 Å². The molecule has 200 valence electrons. The van der Waals surface area contributed by atoms with Gasteiger partial charge in [0, 0.05) is 23.5 Å². The molecule has 1 atom stereocenters. The highest BCUT2D eigenvalue weighted by molar-refractivity contribution is 7.89. The number of carbonyl (C=O) groups is 2. The third-order valence-electron chi connectivity index (χ3n) is 6.87. The minimum Gasteiger partial charge on any atom is -0.445 e. The lowest BCUT2D eigenvalue weighted by atomic mass is 10.2. The van der Waals surface area contributed by atoms with Crippen molar-refractivity contribution in [2.24, 2.45) is 0 Å². The zero-order chi connectivity index (χ0) is 26.5. The number of carbonyl (C=O) groups excluding carboxylic acids is 2. The maximum Gasteiger partial charge on any atom is 0.410 e. The molecule has 1 aliphatic heterocycles. The third-order valence-corrected chi connectivity index (χ3v) is 9.16. The molecule has 5 rings (SSSR count). The predicted octanol–water partition coefficient (Wildman–Crippen LogP) is 4.77. The molecule has 1 saturated heterocycles. The molecule has 0 spiro atoms. The van der Waals surface area contributed by atoms with Crippen molar-refractivity contribution in [3.8, 4) is 11.3 Å². The highest BCUT2D eigenvalue weighted by atomic mass is 32.2. The molecule has 2 N–H and O–H groups in total. The fourth-order valence-corrected chi connectivity index (χ4v) is 6.88. The number of nitrogens with one attached hydrogen (secondary N) is 2. The van der Waals surface area contributed by atoms with Crippen molar-refractivity contribution >= 4 is 38.5 Å². The maximum absolute atomic E-state index is 13.0. The lowest BCUT2D eigenvalue weighted by Crippen LogP contribution is -2.43. The first-order chi connectivity index (χ1) is 18.4. The van der Waals surface area contributed by atoms with Crippen LogP contribution in [0.2, 0.25) is 0 Å².